The van der Waals surface area contributed by atoms with Gasteiger partial charge in [-0.15, -0.1) is 0 Å². The van der Waals surface area contributed by atoms with Crippen molar-refractivity contribution in [1.29, 1.82) is 0 Å². The molecule has 3 N–H and O–H groups in total. The van der Waals surface area contributed by atoms with Crippen molar-refractivity contribution < 1.29 is 33.0 Å². The van der Waals surface area contributed by atoms with Crippen molar-refractivity contribution in [2.24, 2.45) is 0 Å². The summed E-state index contributed by atoms with van der Waals surface area (Å²) in [5.74, 6) is -3.20. The summed E-state index contributed by atoms with van der Waals surface area (Å²) in [4.78, 5) is 26.2. The molecule has 3 rings (SSSR count). The fourth-order valence-electron chi connectivity index (χ4n) is 4.39. The highest BCUT2D eigenvalue weighted by molar-refractivity contribution is 6.30. The Morgan fingerprint density at radius 2 is 1.86 bits per heavy atom. The number of hydrogen-bond acceptors (Lipinski definition) is 5. The second kappa shape index (κ2) is 12.8. The molecule has 0 bridgehead atoms. The molecule has 0 aliphatic carbocycles. The normalized spacial score (nSPS) is 14.8. The van der Waals surface area contributed by atoms with Gasteiger partial charge in [-0.25, -0.2) is 13.6 Å². The van der Waals surface area contributed by atoms with E-state index in [1.54, 1.807) is 0 Å². The van der Waals surface area contributed by atoms with E-state index in [4.69, 9.17) is 21.1 Å². The number of carboxylic acid groups (broad SMARTS) is 1. The average molecular weight is 526 g/mol. The zero-order chi connectivity index (χ0) is 26.2. The van der Waals surface area contributed by atoms with Crippen molar-refractivity contribution in [3.8, 4) is 0 Å². The number of anilines is 3. The molecular formula is C25H30ClF2N3O5. The SMILES string of the molecule is CCN(c1cc(F)c(C(COC)CC(=O)O)cc1NC(=O)Nc1ccc(Cl)cc1F)C1CCOCC1. The van der Waals surface area contributed by atoms with Crippen LogP contribution in [0.4, 0.5) is 30.6 Å². The maximum atomic E-state index is 15.4. The summed E-state index contributed by atoms with van der Waals surface area (Å²) < 4.78 is 40.2. The van der Waals surface area contributed by atoms with Crippen LogP contribution in [-0.2, 0) is 14.3 Å². The summed E-state index contributed by atoms with van der Waals surface area (Å²) in [5.41, 5.74) is 0.710. The highest BCUT2D eigenvalue weighted by atomic mass is 35.5. The summed E-state index contributed by atoms with van der Waals surface area (Å²) in [5, 5.41) is 14.6. The van der Waals surface area contributed by atoms with Gasteiger partial charge in [-0.05, 0) is 55.7 Å². The van der Waals surface area contributed by atoms with E-state index in [0.29, 0.717) is 25.4 Å². The van der Waals surface area contributed by atoms with Crippen LogP contribution in [-0.4, -0.2) is 56.6 Å². The molecule has 0 aromatic heterocycles. The summed E-state index contributed by atoms with van der Waals surface area (Å²) in [6.45, 7) is 3.56. The second-order valence-electron chi connectivity index (χ2n) is 8.47. The smallest absolute Gasteiger partial charge is 0.323 e. The first-order chi connectivity index (χ1) is 17.2. The largest absolute Gasteiger partial charge is 0.481 e. The Labute approximate surface area is 213 Å². The molecule has 0 saturated carbocycles. The summed E-state index contributed by atoms with van der Waals surface area (Å²) in [7, 11) is 1.40. The fourth-order valence-corrected chi connectivity index (χ4v) is 4.55. The van der Waals surface area contributed by atoms with Crippen molar-refractivity contribution in [3.05, 3.63) is 52.6 Å². The first kappa shape index (κ1) is 27.6. The van der Waals surface area contributed by atoms with Gasteiger partial charge < -0.3 is 30.1 Å². The lowest BCUT2D eigenvalue weighted by Crippen LogP contribution is -2.40. The Kier molecular flexibility index (Phi) is 9.86. The van der Waals surface area contributed by atoms with Gasteiger partial charge in [0, 0.05) is 43.9 Å². The van der Waals surface area contributed by atoms with Crippen LogP contribution >= 0.6 is 11.6 Å². The Balaban J connectivity index is 2.00. The number of halogens is 3. The predicted molar refractivity (Wildman–Crippen MR) is 134 cm³/mol. The van der Waals surface area contributed by atoms with Gasteiger partial charge in [0.05, 0.1) is 30.1 Å². The molecule has 11 heteroatoms. The first-order valence-electron chi connectivity index (χ1n) is 11.6. The van der Waals surface area contributed by atoms with Crippen LogP contribution in [0.25, 0.3) is 0 Å². The van der Waals surface area contributed by atoms with Gasteiger partial charge in [0.2, 0.25) is 0 Å². The zero-order valence-electron chi connectivity index (χ0n) is 20.2. The predicted octanol–water partition coefficient (Wildman–Crippen LogP) is 5.47. The van der Waals surface area contributed by atoms with Gasteiger partial charge in [-0.3, -0.25) is 4.79 Å². The molecule has 2 aromatic rings. The van der Waals surface area contributed by atoms with E-state index in [9.17, 15) is 19.1 Å². The van der Waals surface area contributed by atoms with E-state index in [0.717, 1.165) is 18.9 Å². The van der Waals surface area contributed by atoms with Crippen LogP contribution in [0.1, 0.15) is 37.7 Å². The first-order valence-corrected chi connectivity index (χ1v) is 12.0. The minimum absolute atomic E-state index is 0.0261. The summed E-state index contributed by atoms with van der Waals surface area (Å²) in [6, 6.07) is 5.88. The average Bonchev–Trinajstić information content (AvgIpc) is 2.83. The minimum atomic E-state index is -1.11. The lowest BCUT2D eigenvalue weighted by Gasteiger charge is -2.36. The van der Waals surface area contributed by atoms with E-state index in [1.165, 1.54) is 31.4 Å². The van der Waals surface area contributed by atoms with Gasteiger partial charge in [0.25, 0.3) is 0 Å². The third kappa shape index (κ3) is 7.05. The van der Waals surface area contributed by atoms with Gasteiger partial charge in [0.15, 0.2) is 0 Å². The lowest BCUT2D eigenvalue weighted by atomic mass is 9.94. The molecule has 1 atom stereocenters. The van der Waals surface area contributed by atoms with Gasteiger partial charge in [0.1, 0.15) is 11.6 Å². The number of urea groups is 1. The number of hydrogen-bond donors (Lipinski definition) is 3. The van der Waals surface area contributed by atoms with E-state index >= 15 is 4.39 Å². The number of methoxy groups -OCH3 is 1. The molecule has 1 aliphatic heterocycles. The molecule has 0 spiro atoms. The summed E-state index contributed by atoms with van der Waals surface area (Å²) >= 11 is 5.78. The quantitative estimate of drug-likeness (QED) is 0.380. The van der Waals surface area contributed by atoms with E-state index in [2.05, 4.69) is 10.6 Å². The number of carbonyl (C=O) groups is 2. The van der Waals surface area contributed by atoms with Crippen molar-refractivity contribution in [2.75, 3.05) is 49.0 Å². The molecule has 1 saturated heterocycles. The summed E-state index contributed by atoms with van der Waals surface area (Å²) in [6.07, 6.45) is 1.09. The van der Waals surface area contributed by atoms with E-state index < -0.39 is 29.6 Å². The Morgan fingerprint density at radius 1 is 1.17 bits per heavy atom. The van der Waals surface area contributed by atoms with Crippen molar-refractivity contribution in [1.82, 2.24) is 0 Å². The highest BCUT2D eigenvalue weighted by Gasteiger charge is 2.27. The number of carboxylic acids is 1. The van der Waals surface area contributed by atoms with Gasteiger partial charge >= 0.3 is 12.0 Å². The number of amides is 2. The molecule has 1 unspecified atom stereocenters. The second-order valence-corrected chi connectivity index (χ2v) is 8.91. The number of nitrogens with zero attached hydrogens (tertiary/aromatic N) is 1. The number of nitrogens with one attached hydrogen (secondary N) is 2. The van der Waals surface area contributed by atoms with Gasteiger partial charge in [-0.1, -0.05) is 11.6 Å². The van der Waals surface area contributed by atoms with Crippen molar-refractivity contribution >= 4 is 40.7 Å². The third-order valence-electron chi connectivity index (χ3n) is 6.05. The van der Waals surface area contributed by atoms with E-state index in [-0.39, 0.29) is 41.0 Å². The molecule has 8 nitrogen and oxygen atoms in total. The van der Waals surface area contributed by atoms with Gasteiger partial charge in [-0.2, -0.15) is 0 Å². The molecule has 36 heavy (non-hydrogen) atoms. The topological polar surface area (TPSA) is 100 Å². The molecule has 2 amide bonds. The molecule has 196 valence electrons. The standard InChI is InChI=1S/C25H30ClF2N3O5/c1-3-31(17-6-8-36-9-7-17)23-13-19(27)18(15(14-35-2)10-24(32)33)12-22(23)30-25(34)29-21-5-4-16(26)11-20(21)28/h4-5,11-13,15,17H,3,6-10,14H2,1-2H3,(H,32,33)(H2,29,30,34). The third-order valence-corrected chi connectivity index (χ3v) is 6.29. The number of carbonyl (C=O) groups excluding carboxylic acids is 1. The van der Waals surface area contributed by atoms with Crippen LogP contribution < -0.4 is 15.5 Å². The number of ether oxygens (including phenoxy) is 2. The van der Waals surface area contributed by atoms with Crippen LogP contribution in [0.15, 0.2) is 30.3 Å². The monoisotopic (exact) mass is 525 g/mol. The van der Waals surface area contributed by atoms with Crippen LogP contribution in [0, 0.1) is 11.6 Å². The number of aliphatic carboxylic acids is 1. The Bertz CT molecular complexity index is 1080. The highest BCUT2D eigenvalue weighted by Crippen LogP contribution is 2.36. The maximum Gasteiger partial charge on any atom is 0.323 e. The van der Waals surface area contributed by atoms with Crippen molar-refractivity contribution in [2.45, 2.75) is 38.1 Å². The van der Waals surface area contributed by atoms with E-state index in [1.807, 2.05) is 11.8 Å². The minimum Gasteiger partial charge on any atom is -0.481 e. The van der Waals surface area contributed by atoms with Crippen LogP contribution in [0.5, 0.6) is 0 Å². The number of rotatable bonds is 10. The zero-order valence-corrected chi connectivity index (χ0v) is 20.9. The molecule has 2 aromatic carbocycles. The molecule has 1 heterocycles. The Hall–Kier alpha value is -2.95. The lowest BCUT2D eigenvalue weighted by molar-refractivity contribution is -0.137. The molecule has 0 radical (unpaired) electrons. The molecule has 1 aliphatic rings. The van der Waals surface area contributed by atoms with Crippen molar-refractivity contribution in [3.63, 3.8) is 0 Å². The van der Waals surface area contributed by atoms with Crippen LogP contribution in [0.3, 0.4) is 0 Å². The molecular weight excluding hydrogens is 496 g/mol. The van der Waals surface area contributed by atoms with Crippen LogP contribution in [0.2, 0.25) is 5.02 Å². The number of benzene rings is 2. The fraction of sp³-hybridized carbons (Fsp3) is 0.440. The molecule has 1 fully saturated rings. The Morgan fingerprint density at radius 3 is 2.47 bits per heavy atom. The maximum absolute atomic E-state index is 15.4.